The number of carbonyl (C=O) groups is 3. The molecule has 0 fully saturated rings. The Morgan fingerprint density at radius 3 is 0.884 bits per heavy atom. The summed E-state index contributed by atoms with van der Waals surface area (Å²) in [7, 11) is 0. The van der Waals surface area contributed by atoms with Gasteiger partial charge < -0.3 is 14.2 Å². The SMILES string of the molecule is CC/C=C\C/C=C\C/C=C\C/C=C\C/C=C\C/C=C\CCCCCCCCC(=O)OCC(COC(=O)CCCCCCCCC)OC(=O)CCCCCCCCCCCCCCCCCCCCC. The zero-order valence-electron chi connectivity index (χ0n) is 45.6. The Morgan fingerprint density at radius 1 is 0.304 bits per heavy atom. The lowest BCUT2D eigenvalue weighted by Crippen LogP contribution is -2.30. The normalized spacial score (nSPS) is 12.6. The molecule has 0 radical (unpaired) electrons. The Labute approximate surface area is 427 Å². The molecule has 1 unspecified atom stereocenters. The molecule has 69 heavy (non-hydrogen) atoms. The molecule has 0 amide bonds. The van der Waals surface area contributed by atoms with E-state index in [2.05, 4.69) is 93.7 Å². The molecule has 6 nitrogen and oxygen atoms in total. The summed E-state index contributed by atoms with van der Waals surface area (Å²) in [6, 6.07) is 0. The molecule has 0 aliphatic carbocycles. The minimum Gasteiger partial charge on any atom is -0.462 e. The summed E-state index contributed by atoms with van der Waals surface area (Å²) >= 11 is 0. The average molecular weight is 964 g/mol. The summed E-state index contributed by atoms with van der Waals surface area (Å²) in [6.45, 7) is 6.50. The number of carbonyl (C=O) groups excluding carboxylic acids is 3. The maximum absolute atomic E-state index is 12.8. The number of hydrogen-bond acceptors (Lipinski definition) is 6. The van der Waals surface area contributed by atoms with Crippen molar-refractivity contribution in [3.05, 3.63) is 72.9 Å². The molecule has 398 valence electrons. The Hall–Kier alpha value is -3.15. The number of rotatable bonds is 53. The molecule has 6 heteroatoms. The number of esters is 3. The van der Waals surface area contributed by atoms with E-state index in [4.69, 9.17) is 14.2 Å². The van der Waals surface area contributed by atoms with Crippen molar-refractivity contribution in [2.24, 2.45) is 0 Å². The second-order valence-electron chi connectivity index (χ2n) is 19.5. The maximum atomic E-state index is 12.8. The van der Waals surface area contributed by atoms with Crippen LogP contribution in [0.2, 0.25) is 0 Å². The van der Waals surface area contributed by atoms with Gasteiger partial charge in [-0.15, -0.1) is 0 Å². The molecule has 0 saturated carbocycles. The predicted octanol–water partition coefficient (Wildman–Crippen LogP) is 19.8. The van der Waals surface area contributed by atoms with Crippen LogP contribution in [0, 0.1) is 0 Å². The molecule has 1 atom stereocenters. The van der Waals surface area contributed by atoms with Gasteiger partial charge in [0.15, 0.2) is 6.10 Å². The minimum absolute atomic E-state index is 0.0773. The van der Waals surface area contributed by atoms with E-state index >= 15 is 0 Å². The van der Waals surface area contributed by atoms with E-state index in [-0.39, 0.29) is 31.1 Å². The summed E-state index contributed by atoms with van der Waals surface area (Å²) in [6.07, 6.45) is 73.4. The van der Waals surface area contributed by atoms with Gasteiger partial charge in [-0.1, -0.05) is 273 Å². The third kappa shape index (κ3) is 55.6. The molecule has 0 heterocycles. The lowest BCUT2D eigenvalue weighted by atomic mass is 10.0. The lowest BCUT2D eigenvalue weighted by Gasteiger charge is -2.18. The number of unbranched alkanes of at least 4 members (excludes halogenated alkanes) is 30. The summed E-state index contributed by atoms with van der Waals surface area (Å²) < 4.78 is 16.8. The van der Waals surface area contributed by atoms with E-state index in [1.165, 1.54) is 148 Å². The summed E-state index contributed by atoms with van der Waals surface area (Å²) in [5.41, 5.74) is 0. The van der Waals surface area contributed by atoms with Gasteiger partial charge in [0.05, 0.1) is 0 Å². The first-order valence-corrected chi connectivity index (χ1v) is 29.4. The largest absolute Gasteiger partial charge is 0.462 e. The van der Waals surface area contributed by atoms with Crippen LogP contribution in [0.15, 0.2) is 72.9 Å². The monoisotopic (exact) mass is 963 g/mol. The minimum atomic E-state index is -0.777. The van der Waals surface area contributed by atoms with Gasteiger partial charge in [0.2, 0.25) is 0 Å². The fraction of sp³-hybridized carbons (Fsp3) is 0.762. The first-order valence-electron chi connectivity index (χ1n) is 29.4. The van der Waals surface area contributed by atoms with Crippen molar-refractivity contribution in [2.45, 2.75) is 297 Å². The predicted molar refractivity (Wildman–Crippen MR) is 298 cm³/mol. The molecule has 0 saturated heterocycles. The summed E-state index contributed by atoms with van der Waals surface area (Å²) in [5.74, 6) is -0.888. The van der Waals surface area contributed by atoms with E-state index in [1.807, 2.05) is 0 Å². The number of ether oxygens (including phenoxy) is 3. The standard InChI is InChI=1S/C63H110O6/c1-4-7-10-13-16-18-20-22-24-26-28-29-30-31-32-33-35-36-38-40-42-44-47-50-53-56-62(65)68-59-60(58-67-61(64)55-52-49-46-15-12-9-6-3)69-63(66)57-54-51-48-45-43-41-39-37-34-27-25-23-21-19-17-14-11-8-5-2/h7,10,16,18,22,24,28-29,31-32,35-36,60H,4-6,8-9,11-15,17,19-21,23,25-27,30,33-34,37-59H2,1-3H3/b10-7-,18-16-,24-22-,29-28-,32-31-,36-35-. The zero-order valence-corrected chi connectivity index (χ0v) is 45.6. The smallest absolute Gasteiger partial charge is 0.306 e. The van der Waals surface area contributed by atoms with Crippen molar-refractivity contribution in [2.75, 3.05) is 13.2 Å². The molecule has 0 aromatic heterocycles. The molecule has 0 aliphatic heterocycles. The second-order valence-corrected chi connectivity index (χ2v) is 19.5. The number of hydrogen-bond donors (Lipinski definition) is 0. The van der Waals surface area contributed by atoms with E-state index in [0.29, 0.717) is 19.3 Å². The summed E-state index contributed by atoms with van der Waals surface area (Å²) in [5, 5.41) is 0. The van der Waals surface area contributed by atoms with Gasteiger partial charge in [-0.2, -0.15) is 0 Å². The van der Waals surface area contributed by atoms with Crippen molar-refractivity contribution >= 4 is 17.9 Å². The highest BCUT2D eigenvalue weighted by atomic mass is 16.6. The van der Waals surface area contributed by atoms with Crippen LogP contribution in [-0.4, -0.2) is 37.2 Å². The van der Waals surface area contributed by atoms with Crippen molar-refractivity contribution in [3.8, 4) is 0 Å². The second kappa shape index (κ2) is 57.4. The Bertz CT molecular complexity index is 1290. The molecule has 0 aliphatic rings. The fourth-order valence-electron chi connectivity index (χ4n) is 8.33. The molecule has 0 aromatic rings. The average Bonchev–Trinajstić information content (AvgIpc) is 3.35. The Balaban J connectivity index is 4.20. The molecular weight excluding hydrogens is 853 g/mol. The maximum Gasteiger partial charge on any atom is 0.306 e. The van der Waals surface area contributed by atoms with Gasteiger partial charge >= 0.3 is 17.9 Å². The molecule has 0 spiro atoms. The van der Waals surface area contributed by atoms with Gasteiger partial charge in [0, 0.05) is 19.3 Å². The van der Waals surface area contributed by atoms with Gasteiger partial charge in [0.25, 0.3) is 0 Å². The van der Waals surface area contributed by atoms with E-state index in [9.17, 15) is 14.4 Å². The van der Waals surface area contributed by atoms with Crippen LogP contribution in [0.4, 0.5) is 0 Å². The van der Waals surface area contributed by atoms with Crippen LogP contribution in [0.25, 0.3) is 0 Å². The van der Waals surface area contributed by atoms with Crippen molar-refractivity contribution in [1.29, 1.82) is 0 Å². The first kappa shape index (κ1) is 65.8. The zero-order chi connectivity index (χ0) is 50.0. The quantitative estimate of drug-likeness (QED) is 0.0262. The van der Waals surface area contributed by atoms with Crippen LogP contribution < -0.4 is 0 Å². The summed E-state index contributed by atoms with van der Waals surface area (Å²) in [4.78, 5) is 38.0. The van der Waals surface area contributed by atoms with Gasteiger partial charge in [0.1, 0.15) is 13.2 Å². The fourth-order valence-corrected chi connectivity index (χ4v) is 8.33. The molecular formula is C63H110O6. The Kier molecular flexibility index (Phi) is 54.8. The lowest BCUT2D eigenvalue weighted by molar-refractivity contribution is -0.167. The third-order valence-electron chi connectivity index (χ3n) is 12.7. The van der Waals surface area contributed by atoms with Crippen LogP contribution in [0.3, 0.4) is 0 Å². The van der Waals surface area contributed by atoms with Crippen molar-refractivity contribution in [1.82, 2.24) is 0 Å². The van der Waals surface area contributed by atoms with E-state index in [0.717, 1.165) is 103 Å². The Morgan fingerprint density at radius 2 is 0.565 bits per heavy atom. The van der Waals surface area contributed by atoms with Crippen molar-refractivity contribution < 1.29 is 28.6 Å². The van der Waals surface area contributed by atoms with E-state index in [1.54, 1.807) is 0 Å². The van der Waals surface area contributed by atoms with Gasteiger partial charge in [-0.05, 0) is 70.6 Å². The third-order valence-corrected chi connectivity index (χ3v) is 12.7. The molecule has 0 aromatic carbocycles. The van der Waals surface area contributed by atoms with Crippen LogP contribution in [0.1, 0.15) is 290 Å². The highest BCUT2D eigenvalue weighted by molar-refractivity contribution is 5.71. The molecule has 0 bridgehead atoms. The van der Waals surface area contributed by atoms with E-state index < -0.39 is 6.10 Å². The van der Waals surface area contributed by atoms with Crippen LogP contribution in [-0.2, 0) is 28.6 Å². The van der Waals surface area contributed by atoms with Crippen LogP contribution >= 0.6 is 0 Å². The van der Waals surface area contributed by atoms with Crippen molar-refractivity contribution in [3.63, 3.8) is 0 Å². The first-order chi connectivity index (χ1) is 34.0. The number of allylic oxidation sites excluding steroid dienone is 12. The van der Waals surface area contributed by atoms with Crippen LogP contribution in [0.5, 0.6) is 0 Å². The highest BCUT2D eigenvalue weighted by Gasteiger charge is 2.19. The molecule has 0 rings (SSSR count). The van der Waals surface area contributed by atoms with Gasteiger partial charge in [-0.3, -0.25) is 14.4 Å². The highest BCUT2D eigenvalue weighted by Crippen LogP contribution is 2.16. The topological polar surface area (TPSA) is 78.9 Å². The molecule has 0 N–H and O–H groups in total. The van der Waals surface area contributed by atoms with Gasteiger partial charge in [-0.25, -0.2) is 0 Å².